The molecule has 1 heterocycles. The minimum Gasteiger partial charge on any atom is -0.493 e. The molecule has 0 aliphatic heterocycles. The van der Waals surface area contributed by atoms with Gasteiger partial charge in [-0.2, -0.15) is 0 Å². The average Bonchev–Trinajstić information content (AvgIpc) is 2.51. The van der Waals surface area contributed by atoms with Gasteiger partial charge in [0.2, 0.25) is 0 Å². The van der Waals surface area contributed by atoms with Gasteiger partial charge < -0.3 is 15.2 Å². The molecule has 0 spiro atoms. The first-order valence-corrected chi connectivity index (χ1v) is 6.64. The van der Waals surface area contributed by atoms with Crippen molar-refractivity contribution >= 4 is 16.5 Å². The number of aryl methyl sites for hydroxylation is 1. The van der Waals surface area contributed by atoms with Crippen LogP contribution >= 0.6 is 0 Å². The Bertz CT molecular complexity index is 800. The van der Waals surface area contributed by atoms with Crippen molar-refractivity contribution in [1.82, 2.24) is 4.98 Å². The SMILES string of the molecule is COc1cc(C)ccc1Oc1ccc2cnccc2c1N. The minimum atomic E-state index is 0.595. The smallest absolute Gasteiger partial charge is 0.169 e. The molecule has 2 aromatic carbocycles. The Hall–Kier alpha value is -2.75. The van der Waals surface area contributed by atoms with Crippen LogP contribution < -0.4 is 15.2 Å². The molecule has 4 nitrogen and oxygen atoms in total. The molecule has 0 atom stereocenters. The lowest BCUT2D eigenvalue weighted by Gasteiger charge is -2.13. The standard InChI is InChI=1S/C17H16N2O2/c1-11-3-5-14(16(9-11)20-2)21-15-6-4-12-10-19-8-7-13(12)17(15)18/h3-10H,18H2,1-2H3. The van der Waals surface area contributed by atoms with Crippen molar-refractivity contribution in [3.8, 4) is 17.2 Å². The predicted molar refractivity (Wildman–Crippen MR) is 84.0 cm³/mol. The van der Waals surface area contributed by atoms with Crippen molar-refractivity contribution in [3.05, 3.63) is 54.4 Å². The molecule has 0 bridgehead atoms. The number of anilines is 1. The van der Waals surface area contributed by atoms with E-state index in [1.54, 1.807) is 19.5 Å². The molecule has 0 aliphatic carbocycles. The molecule has 0 saturated carbocycles. The first-order chi connectivity index (χ1) is 10.2. The van der Waals surface area contributed by atoms with E-state index in [0.717, 1.165) is 16.3 Å². The zero-order valence-electron chi connectivity index (χ0n) is 12.0. The molecule has 4 heteroatoms. The molecule has 0 radical (unpaired) electrons. The average molecular weight is 280 g/mol. The fourth-order valence-corrected chi connectivity index (χ4v) is 2.24. The third kappa shape index (κ3) is 2.48. The van der Waals surface area contributed by atoms with E-state index in [-0.39, 0.29) is 0 Å². The number of nitrogens with two attached hydrogens (primary N) is 1. The third-order valence-electron chi connectivity index (χ3n) is 3.36. The van der Waals surface area contributed by atoms with Gasteiger partial charge >= 0.3 is 0 Å². The van der Waals surface area contributed by atoms with Crippen molar-refractivity contribution in [1.29, 1.82) is 0 Å². The number of nitrogen functional groups attached to an aromatic ring is 1. The minimum absolute atomic E-state index is 0.595. The fraction of sp³-hybridized carbons (Fsp3) is 0.118. The lowest BCUT2D eigenvalue weighted by atomic mass is 10.1. The van der Waals surface area contributed by atoms with Gasteiger partial charge in [-0.05, 0) is 42.8 Å². The van der Waals surface area contributed by atoms with E-state index in [2.05, 4.69) is 4.98 Å². The van der Waals surface area contributed by atoms with E-state index in [1.807, 2.05) is 43.3 Å². The number of rotatable bonds is 3. The first-order valence-electron chi connectivity index (χ1n) is 6.64. The van der Waals surface area contributed by atoms with Gasteiger partial charge in [0, 0.05) is 23.2 Å². The lowest BCUT2D eigenvalue weighted by Crippen LogP contribution is -1.96. The second kappa shape index (κ2) is 5.32. The summed E-state index contributed by atoms with van der Waals surface area (Å²) in [6, 6.07) is 11.4. The van der Waals surface area contributed by atoms with Crippen LogP contribution in [0, 0.1) is 6.92 Å². The molecule has 0 aliphatic rings. The molecular weight excluding hydrogens is 264 g/mol. The van der Waals surface area contributed by atoms with Crippen LogP contribution in [0.15, 0.2) is 48.8 Å². The van der Waals surface area contributed by atoms with Crippen LogP contribution in [0.3, 0.4) is 0 Å². The summed E-state index contributed by atoms with van der Waals surface area (Å²) in [6.45, 7) is 2.00. The molecule has 0 fully saturated rings. The second-order valence-electron chi connectivity index (χ2n) is 4.83. The normalized spacial score (nSPS) is 10.6. The van der Waals surface area contributed by atoms with Gasteiger partial charge in [-0.25, -0.2) is 0 Å². The van der Waals surface area contributed by atoms with E-state index in [4.69, 9.17) is 15.2 Å². The molecule has 21 heavy (non-hydrogen) atoms. The Labute approximate surface area is 123 Å². The Kier molecular flexibility index (Phi) is 3.36. The number of fused-ring (bicyclic) bond motifs is 1. The zero-order chi connectivity index (χ0) is 14.8. The van der Waals surface area contributed by atoms with Crippen molar-refractivity contribution in [3.63, 3.8) is 0 Å². The summed E-state index contributed by atoms with van der Waals surface area (Å²) in [7, 11) is 1.62. The monoisotopic (exact) mass is 280 g/mol. The summed E-state index contributed by atoms with van der Waals surface area (Å²) in [5.74, 6) is 1.93. The van der Waals surface area contributed by atoms with Crippen LogP contribution in [0.2, 0.25) is 0 Å². The number of aromatic nitrogens is 1. The number of hydrogen-bond donors (Lipinski definition) is 1. The summed E-state index contributed by atoms with van der Waals surface area (Å²) in [5.41, 5.74) is 7.90. The van der Waals surface area contributed by atoms with Crippen LogP contribution in [-0.4, -0.2) is 12.1 Å². The maximum absolute atomic E-state index is 6.19. The summed E-state index contributed by atoms with van der Waals surface area (Å²) >= 11 is 0. The Morgan fingerprint density at radius 1 is 1.00 bits per heavy atom. The van der Waals surface area contributed by atoms with Crippen molar-refractivity contribution in [2.45, 2.75) is 6.92 Å². The molecule has 3 aromatic rings. The highest BCUT2D eigenvalue weighted by molar-refractivity contribution is 5.95. The third-order valence-corrected chi connectivity index (χ3v) is 3.36. The first kappa shape index (κ1) is 13.2. The quantitative estimate of drug-likeness (QED) is 0.739. The summed E-state index contributed by atoms with van der Waals surface area (Å²) in [4.78, 5) is 4.09. The molecule has 3 rings (SSSR count). The predicted octanol–water partition coefficient (Wildman–Crippen LogP) is 3.93. The van der Waals surface area contributed by atoms with Crippen molar-refractivity contribution in [2.24, 2.45) is 0 Å². The van der Waals surface area contributed by atoms with Gasteiger partial charge in [0.25, 0.3) is 0 Å². The molecule has 2 N–H and O–H groups in total. The van der Waals surface area contributed by atoms with Crippen molar-refractivity contribution in [2.75, 3.05) is 12.8 Å². The Morgan fingerprint density at radius 3 is 2.62 bits per heavy atom. The summed E-state index contributed by atoms with van der Waals surface area (Å²) in [5, 5.41) is 1.91. The molecule has 0 unspecified atom stereocenters. The van der Waals surface area contributed by atoms with E-state index in [0.29, 0.717) is 22.9 Å². The van der Waals surface area contributed by atoms with Crippen molar-refractivity contribution < 1.29 is 9.47 Å². The molecule has 0 saturated heterocycles. The van der Waals surface area contributed by atoms with Gasteiger partial charge in [-0.15, -0.1) is 0 Å². The largest absolute Gasteiger partial charge is 0.493 e. The van der Waals surface area contributed by atoms with Gasteiger partial charge in [-0.3, -0.25) is 4.98 Å². The van der Waals surface area contributed by atoms with Crippen LogP contribution in [0.25, 0.3) is 10.8 Å². The number of ether oxygens (including phenoxy) is 2. The second-order valence-corrected chi connectivity index (χ2v) is 4.83. The number of hydrogen-bond acceptors (Lipinski definition) is 4. The number of nitrogens with zero attached hydrogens (tertiary/aromatic N) is 1. The van der Waals surface area contributed by atoms with E-state index in [1.165, 1.54) is 0 Å². The maximum atomic E-state index is 6.19. The number of benzene rings is 2. The van der Waals surface area contributed by atoms with Crippen LogP contribution in [0.4, 0.5) is 5.69 Å². The Balaban J connectivity index is 2.04. The van der Waals surface area contributed by atoms with Gasteiger partial charge in [0.05, 0.1) is 12.8 Å². The van der Waals surface area contributed by atoms with Crippen LogP contribution in [-0.2, 0) is 0 Å². The highest BCUT2D eigenvalue weighted by Crippen LogP contribution is 2.37. The zero-order valence-corrected chi connectivity index (χ0v) is 12.0. The van der Waals surface area contributed by atoms with E-state index < -0.39 is 0 Å². The molecule has 0 amide bonds. The number of methoxy groups -OCH3 is 1. The fourth-order valence-electron chi connectivity index (χ4n) is 2.24. The van der Waals surface area contributed by atoms with Crippen LogP contribution in [0.1, 0.15) is 5.56 Å². The summed E-state index contributed by atoms with van der Waals surface area (Å²) in [6.07, 6.45) is 3.50. The van der Waals surface area contributed by atoms with E-state index >= 15 is 0 Å². The highest BCUT2D eigenvalue weighted by Gasteiger charge is 2.10. The van der Waals surface area contributed by atoms with Gasteiger partial charge in [-0.1, -0.05) is 6.07 Å². The van der Waals surface area contributed by atoms with E-state index in [9.17, 15) is 0 Å². The Morgan fingerprint density at radius 2 is 1.81 bits per heavy atom. The van der Waals surface area contributed by atoms with Gasteiger partial charge in [0.15, 0.2) is 17.2 Å². The van der Waals surface area contributed by atoms with Gasteiger partial charge in [0.1, 0.15) is 0 Å². The summed E-state index contributed by atoms with van der Waals surface area (Å²) < 4.78 is 11.3. The topological polar surface area (TPSA) is 57.4 Å². The molecule has 1 aromatic heterocycles. The maximum Gasteiger partial charge on any atom is 0.169 e. The lowest BCUT2D eigenvalue weighted by molar-refractivity contribution is 0.379. The van der Waals surface area contributed by atoms with Crippen LogP contribution in [0.5, 0.6) is 17.2 Å². The number of pyridine rings is 1. The highest BCUT2D eigenvalue weighted by atomic mass is 16.5. The molecule has 106 valence electrons. The molecular formula is C17H16N2O2.